The van der Waals surface area contributed by atoms with Crippen molar-refractivity contribution < 1.29 is 10.0 Å². The molecule has 16 heavy (non-hydrogen) atoms. The number of rotatable bonds is 5. The number of hydrogen-bond acceptors (Lipinski definition) is 4. The van der Waals surface area contributed by atoms with Crippen molar-refractivity contribution in [2.75, 3.05) is 5.88 Å². The van der Waals surface area contributed by atoms with E-state index in [0.29, 0.717) is 5.82 Å². The lowest BCUT2D eigenvalue weighted by molar-refractivity contribution is -0.392. The third kappa shape index (κ3) is 2.70. The average Bonchev–Trinajstić information content (AvgIpc) is 2.61. The molecule has 0 saturated heterocycles. The average molecular weight is 248 g/mol. The first kappa shape index (κ1) is 12.9. The van der Waals surface area contributed by atoms with Crippen molar-refractivity contribution in [3.63, 3.8) is 0 Å². The molecule has 0 aliphatic heterocycles. The molecule has 0 spiro atoms. The van der Waals surface area contributed by atoms with Crippen LogP contribution >= 0.6 is 11.6 Å². The van der Waals surface area contributed by atoms with Gasteiger partial charge >= 0.3 is 5.82 Å². The summed E-state index contributed by atoms with van der Waals surface area (Å²) in [4.78, 5) is 14.2. The molecule has 0 bridgehead atoms. The second-order valence-electron chi connectivity index (χ2n) is 3.81. The molecule has 1 N–H and O–H groups in total. The highest BCUT2D eigenvalue weighted by Gasteiger charge is 2.24. The van der Waals surface area contributed by atoms with Crippen LogP contribution < -0.4 is 0 Å². The van der Waals surface area contributed by atoms with E-state index in [1.807, 2.05) is 13.8 Å². The summed E-state index contributed by atoms with van der Waals surface area (Å²) in [6, 6.07) is 0. The van der Waals surface area contributed by atoms with Crippen molar-refractivity contribution in [3.8, 4) is 0 Å². The summed E-state index contributed by atoms with van der Waals surface area (Å²) in [6.07, 6.45) is 0.392. The number of aromatic nitrogens is 2. The highest BCUT2D eigenvalue weighted by molar-refractivity contribution is 6.18. The molecule has 1 unspecified atom stereocenters. The highest BCUT2D eigenvalue weighted by atomic mass is 35.5. The van der Waals surface area contributed by atoms with Gasteiger partial charge in [0.25, 0.3) is 0 Å². The van der Waals surface area contributed by atoms with E-state index in [1.54, 1.807) is 0 Å². The summed E-state index contributed by atoms with van der Waals surface area (Å²) in [5.41, 5.74) is 0. The SMILES string of the molecule is CC(C)c1ncc([N+](=O)[O-])n1CC(O)CCl. The normalized spacial score (nSPS) is 13.1. The van der Waals surface area contributed by atoms with Crippen LogP contribution in [0.15, 0.2) is 6.20 Å². The number of nitro groups is 1. The van der Waals surface area contributed by atoms with Crippen LogP contribution in [0.25, 0.3) is 0 Å². The van der Waals surface area contributed by atoms with Crippen molar-refractivity contribution in [2.24, 2.45) is 0 Å². The van der Waals surface area contributed by atoms with Gasteiger partial charge in [-0.3, -0.25) is 0 Å². The molecule has 90 valence electrons. The highest BCUT2D eigenvalue weighted by Crippen LogP contribution is 2.21. The van der Waals surface area contributed by atoms with Crippen LogP contribution in [-0.2, 0) is 6.54 Å². The molecule has 1 heterocycles. The Morgan fingerprint density at radius 2 is 2.31 bits per heavy atom. The second-order valence-corrected chi connectivity index (χ2v) is 4.11. The van der Waals surface area contributed by atoms with Gasteiger partial charge in [0.1, 0.15) is 18.8 Å². The Morgan fingerprint density at radius 1 is 1.69 bits per heavy atom. The molecule has 1 aromatic heterocycles. The third-order valence-corrected chi connectivity index (χ3v) is 2.50. The zero-order valence-electron chi connectivity index (χ0n) is 9.13. The lowest BCUT2D eigenvalue weighted by Crippen LogP contribution is -2.20. The molecule has 6 nitrogen and oxygen atoms in total. The second kappa shape index (κ2) is 5.27. The van der Waals surface area contributed by atoms with Gasteiger partial charge in [0.05, 0.1) is 5.88 Å². The van der Waals surface area contributed by atoms with E-state index in [0.717, 1.165) is 0 Å². The number of hydrogen-bond donors (Lipinski definition) is 1. The number of nitrogens with zero attached hydrogens (tertiary/aromatic N) is 3. The largest absolute Gasteiger partial charge is 0.388 e. The molecule has 1 aromatic rings. The van der Waals surface area contributed by atoms with E-state index < -0.39 is 11.0 Å². The maximum absolute atomic E-state index is 10.8. The van der Waals surface area contributed by atoms with Crippen molar-refractivity contribution >= 4 is 17.4 Å². The van der Waals surface area contributed by atoms with Crippen molar-refractivity contribution in [2.45, 2.75) is 32.4 Å². The minimum Gasteiger partial charge on any atom is -0.388 e. The molecule has 0 radical (unpaired) electrons. The van der Waals surface area contributed by atoms with Gasteiger partial charge in [-0.05, 0) is 4.92 Å². The first-order valence-corrected chi connectivity index (χ1v) is 5.44. The van der Waals surface area contributed by atoms with Crippen LogP contribution in [0.4, 0.5) is 5.82 Å². The Morgan fingerprint density at radius 3 is 2.75 bits per heavy atom. The van der Waals surface area contributed by atoms with Gasteiger partial charge in [0, 0.05) is 5.92 Å². The molecule has 0 aliphatic carbocycles. The van der Waals surface area contributed by atoms with Crippen LogP contribution in [0.2, 0.25) is 0 Å². The summed E-state index contributed by atoms with van der Waals surface area (Å²) in [6.45, 7) is 3.86. The van der Waals surface area contributed by atoms with E-state index in [9.17, 15) is 15.2 Å². The molecular weight excluding hydrogens is 234 g/mol. The summed E-state index contributed by atoms with van der Waals surface area (Å²) < 4.78 is 1.40. The van der Waals surface area contributed by atoms with Crippen LogP contribution in [-0.4, -0.2) is 31.6 Å². The maximum Gasteiger partial charge on any atom is 0.342 e. The van der Waals surface area contributed by atoms with Crippen molar-refractivity contribution in [1.29, 1.82) is 0 Å². The molecule has 1 atom stereocenters. The Hall–Kier alpha value is -1.14. The standard InChI is InChI=1S/C9H14ClN3O3/c1-6(2)9-11-4-8(13(15)16)12(9)5-7(14)3-10/h4,6-7,14H,3,5H2,1-2H3. The molecule has 1 rings (SSSR count). The first-order chi connectivity index (χ1) is 7.47. The fraction of sp³-hybridized carbons (Fsp3) is 0.667. The number of alkyl halides is 1. The Bertz CT molecular complexity index is 378. The number of aliphatic hydroxyl groups excluding tert-OH is 1. The van der Waals surface area contributed by atoms with Crippen molar-refractivity contribution in [3.05, 3.63) is 22.1 Å². The lowest BCUT2D eigenvalue weighted by atomic mass is 10.2. The zero-order valence-corrected chi connectivity index (χ0v) is 9.89. The van der Waals surface area contributed by atoms with Crippen LogP contribution in [0.5, 0.6) is 0 Å². The van der Waals surface area contributed by atoms with E-state index in [4.69, 9.17) is 11.6 Å². The Kier molecular flexibility index (Phi) is 4.26. The molecule has 0 saturated carbocycles. The van der Waals surface area contributed by atoms with E-state index >= 15 is 0 Å². The van der Waals surface area contributed by atoms with Gasteiger partial charge < -0.3 is 15.2 Å². The predicted octanol–water partition coefficient (Wildman–Crippen LogP) is 1.51. The Balaban J connectivity index is 3.08. The van der Waals surface area contributed by atoms with Gasteiger partial charge in [-0.15, -0.1) is 11.6 Å². The number of halogens is 1. The van der Waals surface area contributed by atoms with E-state index in [2.05, 4.69) is 4.98 Å². The van der Waals surface area contributed by atoms with E-state index in [1.165, 1.54) is 10.8 Å². The van der Waals surface area contributed by atoms with Crippen LogP contribution in [0.1, 0.15) is 25.6 Å². The summed E-state index contributed by atoms with van der Waals surface area (Å²) in [5.74, 6) is 0.548. The van der Waals surface area contributed by atoms with Gasteiger partial charge in [0.15, 0.2) is 5.82 Å². The fourth-order valence-corrected chi connectivity index (χ4v) is 1.53. The smallest absolute Gasteiger partial charge is 0.342 e. The predicted molar refractivity (Wildman–Crippen MR) is 59.7 cm³/mol. The molecule has 0 aliphatic rings. The minimum atomic E-state index is -0.813. The Labute approximate surface area is 98.0 Å². The van der Waals surface area contributed by atoms with Crippen LogP contribution in [0, 0.1) is 10.1 Å². The van der Waals surface area contributed by atoms with Gasteiger partial charge in [-0.1, -0.05) is 13.8 Å². The molecular formula is C9H14ClN3O3. The molecule has 0 amide bonds. The summed E-state index contributed by atoms with van der Waals surface area (Å²) >= 11 is 5.48. The van der Waals surface area contributed by atoms with E-state index in [-0.39, 0.29) is 24.2 Å². The lowest BCUT2D eigenvalue weighted by Gasteiger charge is -2.09. The van der Waals surface area contributed by atoms with Gasteiger partial charge in [0.2, 0.25) is 0 Å². The molecule has 7 heteroatoms. The zero-order chi connectivity index (χ0) is 12.3. The van der Waals surface area contributed by atoms with Gasteiger partial charge in [-0.25, -0.2) is 9.55 Å². The van der Waals surface area contributed by atoms with Crippen LogP contribution in [0.3, 0.4) is 0 Å². The van der Waals surface area contributed by atoms with Gasteiger partial charge in [-0.2, -0.15) is 0 Å². The molecule has 0 fully saturated rings. The molecule has 0 aromatic carbocycles. The van der Waals surface area contributed by atoms with Crippen molar-refractivity contribution in [1.82, 2.24) is 9.55 Å². The number of aliphatic hydroxyl groups is 1. The topological polar surface area (TPSA) is 81.2 Å². The fourth-order valence-electron chi connectivity index (χ4n) is 1.43. The maximum atomic E-state index is 10.8. The summed E-state index contributed by atoms with van der Waals surface area (Å²) in [5, 5.41) is 20.2. The monoisotopic (exact) mass is 247 g/mol. The quantitative estimate of drug-likeness (QED) is 0.486. The first-order valence-electron chi connectivity index (χ1n) is 4.91. The minimum absolute atomic E-state index is 0.0346. The summed E-state index contributed by atoms with van der Waals surface area (Å²) in [7, 11) is 0. The number of imidazole rings is 1. The third-order valence-electron chi connectivity index (χ3n) is 2.14.